The van der Waals surface area contributed by atoms with E-state index in [2.05, 4.69) is 287 Å². The lowest BCUT2D eigenvalue weighted by molar-refractivity contribution is 0.152. The third-order valence-electron chi connectivity index (χ3n) is 19.2. The Morgan fingerprint density at radius 3 is 0.667 bits per heavy atom. The maximum atomic E-state index is 7.68. The highest BCUT2D eigenvalue weighted by atomic mass is 31.1. The molecule has 0 saturated heterocycles. The van der Waals surface area contributed by atoms with Crippen molar-refractivity contribution in [2.75, 3.05) is 6.61 Å². The zero-order chi connectivity index (χ0) is 75.4. The maximum absolute atomic E-state index is 7.68. The van der Waals surface area contributed by atoms with Crippen LogP contribution in [0.3, 0.4) is 0 Å². The van der Waals surface area contributed by atoms with Gasteiger partial charge in [0.2, 0.25) is 0 Å². The summed E-state index contributed by atoms with van der Waals surface area (Å²) in [5.74, 6) is 2.72. The summed E-state index contributed by atoms with van der Waals surface area (Å²) in [5.41, 5.74) is 17.7. The summed E-state index contributed by atoms with van der Waals surface area (Å²) in [4.78, 5) is 0. The molecule has 3 aromatic heterocycles. The molecule has 0 spiro atoms. The summed E-state index contributed by atoms with van der Waals surface area (Å²) in [6.45, 7) is 71.1. The van der Waals surface area contributed by atoms with E-state index in [4.69, 9.17) is 38.8 Å². The first kappa shape index (κ1) is 81.0. The summed E-state index contributed by atoms with van der Waals surface area (Å²) < 4.78 is 67.1. The van der Waals surface area contributed by atoms with Crippen molar-refractivity contribution in [1.82, 2.24) is 0 Å². The predicted molar refractivity (Wildman–Crippen MR) is 440 cm³/mol. The van der Waals surface area contributed by atoms with Crippen molar-refractivity contribution < 1.29 is 38.8 Å². The predicted octanol–water partition coefficient (Wildman–Crippen LogP) is 28.7. The molecular weight excluding hydrogens is 1320 g/mol. The lowest BCUT2D eigenvalue weighted by atomic mass is 9.81. The first-order valence-electron chi connectivity index (χ1n) is 38.6. The minimum Gasteiger partial charge on any atom is -0.399 e. The molecule has 9 aromatic rings. The fourth-order valence-electron chi connectivity index (χ4n) is 14.6. The third kappa shape index (κ3) is 19.9. The molecule has 0 N–H and O–H groups in total. The molecule has 0 fully saturated rings. The van der Waals surface area contributed by atoms with Crippen molar-refractivity contribution >= 4 is 90.5 Å². The van der Waals surface area contributed by atoms with E-state index in [1.165, 1.54) is 33.4 Å². The van der Waals surface area contributed by atoms with E-state index in [1.807, 2.05) is 0 Å². The molecule has 9 rings (SSSR count). The SMILES string of the molecule is CC(C)Cc1cc(C(C)(C)C)c2op(OCCC(CC(C)Op3oc4c(C(C)(C)C)cc(CC(C)C)cc4c4cc(CC(C)C)cc(C(C)(C)C)c4o3)Op3oc4c(C(C)(C)C)cc(CC(C)C)cc4c4cc(CC(C)C)cc(C(C)(C)C)c4o3)oc3c(C(C)(C)C)cc(CC(C)C)cc3c2c1. The van der Waals surface area contributed by atoms with Crippen LogP contribution in [0.1, 0.15) is 294 Å². The first-order chi connectivity index (χ1) is 47.1. The molecule has 0 radical (unpaired) electrons. The van der Waals surface area contributed by atoms with Gasteiger partial charge in [0.15, 0.2) is 0 Å². The molecule has 0 aliphatic carbocycles. The van der Waals surface area contributed by atoms with Crippen molar-refractivity contribution in [2.24, 2.45) is 35.5 Å². The summed E-state index contributed by atoms with van der Waals surface area (Å²) in [5, 5.41) is 6.30. The van der Waals surface area contributed by atoms with Gasteiger partial charge >= 0.3 is 24.7 Å². The molecule has 0 aliphatic rings. The van der Waals surface area contributed by atoms with Gasteiger partial charge in [-0.05, 0) is 190 Å². The fraction of sp³-hybridized carbons (Fsp3) is 0.600. The van der Waals surface area contributed by atoms with Gasteiger partial charge in [-0.1, -0.05) is 244 Å². The third-order valence-corrected chi connectivity index (χ3v) is 22.6. The van der Waals surface area contributed by atoms with Crippen LogP contribution in [0.2, 0.25) is 0 Å². The second kappa shape index (κ2) is 31.4. The Morgan fingerprint density at radius 1 is 0.275 bits per heavy atom. The maximum Gasteiger partial charge on any atom is 0.387 e. The molecule has 0 aliphatic heterocycles. The zero-order valence-electron chi connectivity index (χ0n) is 68.9. The molecule has 0 amide bonds. The molecule has 6 aromatic carbocycles. The van der Waals surface area contributed by atoms with E-state index in [-0.39, 0.29) is 39.1 Å². The van der Waals surface area contributed by atoms with Gasteiger partial charge < -0.3 is 25.2 Å². The molecule has 0 bridgehead atoms. The lowest BCUT2D eigenvalue weighted by Crippen LogP contribution is -2.26. The summed E-state index contributed by atoms with van der Waals surface area (Å²) in [7, 11) is -6.26. The average molecular weight is 1450 g/mol. The Labute approximate surface area is 618 Å². The Kier molecular flexibility index (Phi) is 24.9. The Morgan fingerprint density at radius 2 is 0.471 bits per heavy atom. The van der Waals surface area contributed by atoms with Crippen LogP contribution in [0.25, 0.3) is 65.8 Å². The molecule has 560 valence electrons. The zero-order valence-corrected chi connectivity index (χ0v) is 71.6. The number of benzene rings is 6. The van der Waals surface area contributed by atoms with Crippen LogP contribution in [0.15, 0.2) is 98.0 Å². The van der Waals surface area contributed by atoms with Gasteiger partial charge in [0, 0.05) is 72.1 Å². The Bertz CT molecular complexity index is 4310. The highest BCUT2D eigenvalue weighted by Crippen LogP contribution is 2.49. The van der Waals surface area contributed by atoms with Gasteiger partial charge in [0.25, 0.3) is 0 Å². The van der Waals surface area contributed by atoms with E-state index >= 15 is 0 Å². The number of fused-ring (bicyclic) bond motifs is 9. The van der Waals surface area contributed by atoms with Gasteiger partial charge in [-0.2, -0.15) is 0 Å². The van der Waals surface area contributed by atoms with Gasteiger partial charge in [0.1, 0.15) is 33.5 Å². The number of hydrogen-bond donors (Lipinski definition) is 0. The van der Waals surface area contributed by atoms with Crippen molar-refractivity contribution in [3.05, 3.63) is 140 Å². The molecule has 2 unspecified atom stereocenters. The second-order valence-corrected chi connectivity index (χ2v) is 42.0. The smallest absolute Gasteiger partial charge is 0.387 e. The Hall–Kier alpha value is -5.10. The summed E-state index contributed by atoms with van der Waals surface area (Å²) in [6, 6.07) is 28.4. The fourth-order valence-corrected chi connectivity index (χ4v) is 18.1. The van der Waals surface area contributed by atoms with Crippen molar-refractivity contribution in [3.63, 3.8) is 0 Å². The van der Waals surface area contributed by atoms with Crippen LogP contribution >= 0.6 is 24.7 Å². The van der Waals surface area contributed by atoms with Crippen LogP contribution < -0.4 is 13.6 Å². The molecular formula is C90H131O9P3. The average Bonchev–Trinajstić information content (AvgIpc) is 1.48. The summed E-state index contributed by atoms with van der Waals surface area (Å²) in [6.07, 6.45) is 5.39. The molecule has 0 saturated carbocycles. The lowest BCUT2D eigenvalue weighted by Gasteiger charge is -2.22. The Balaban J connectivity index is 1.30. The minimum atomic E-state index is -2.15. The van der Waals surface area contributed by atoms with Crippen LogP contribution in [0.4, 0.5) is 0 Å². The van der Waals surface area contributed by atoms with E-state index in [0.29, 0.717) is 48.3 Å². The van der Waals surface area contributed by atoms with Crippen molar-refractivity contribution in [2.45, 2.75) is 311 Å². The van der Waals surface area contributed by atoms with Crippen LogP contribution in [-0.2, 0) is 71.0 Å². The number of rotatable bonds is 22. The molecule has 12 heteroatoms. The standard InChI is InChI=1S/C90H131O9P3/c1-53(2)34-60-41-67-68-42-61(35-54(3)4)48-74(86(17,18)19)80(68)95-100(94-79(67)73(47-60)85(14,15)16)91-33-32-66(93-102-98-83-71(45-64(38-57(9)10)51-77(83)89(26,27)28)72-46-65(39-58(11)12)52-78(84(72)99-102)90(29,30)31)40-59(13)92-101-96-81-69(43-62(36-55(5)6)49-75(81)87(20,21)22)70-44-63(37-56(7)8)50-76(82(70)97-101)88(23,24)25/h41-59,66H,32-40H2,1-31H3. The van der Waals surface area contributed by atoms with Gasteiger partial charge in [-0.15, -0.1) is 0 Å². The topological polar surface area (TPSA) is 107 Å². The molecule has 102 heavy (non-hydrogen) atoms. The normalized spacial score (nSPS) is 14.0. The molecule has 9 nitrogen and oxygen atoms in total. The number of hydrogen-bond acceptors (Lipinski definition) is 9. The highest BCUT2D eigenvalue weighted by Gasteiger charge is 2.32. The van der Waals surface area contributed by atoms with Crippen LogP contribution in [-0.4, -0.2) is 18.8 Å². The van der Waals surface area contributed by atoms with E-state index in [0.717, 1.165) is 138 Å². The van der Waals surface area contributed by atoms with Crippen molar-refractivity contribution in [3.8, 4) is 0 Å². The minimum absolute atomic E-state index is 0.220. The molecule has 2 atom stereocenters. The first-order valence-corrected chi connectivity index (χ1v) is 41.9. The van der Waals surface area contributed by atoms with Gasteiger partial charge in [0.05, 0.1) is 18.8 Å². The van der Waals surface area contributed by atoms with E-state index in [1.54, 1.807) is 0 Å². The van der Waals surface area contributed by atoms with E-state index < -0.39 is 36.9 Å². The van der Waals surface area contributed by atoms with Crippen molar-refractivity contribution in [1.29, 1.82) is 0 Å². The van der Waals surface area contributed by atoms with Crippen LogP contribution in [0, 0.1) is 35.5 Å². The molecule has 3 heterocycles. The largest absolute Gasteiger partial charge is 0.399 e. The highest BCUT2D eigenvalue weighted by molar-refractivity contribution is 7.32. The van der Waals surface area contributed by atoms with Gasteiger partial charge in [-0.3, -0.25) is 13.6 Å². The monoisotopic (exact) mass is 1450 g/mol. The summed E-state index contributed by atoms with van der Waals surface area (Å²) >= 11 is 0. The van der Waals surface area contributed by atoms with Gasteiger partial charge in [-0.25, -0.2) is 0 Å². The van der Waals surface area contributed by atoms with E-state index in [9.17, 15) is 0 Å². The van der Waals surface area contributed by atoms with Crippen LogP contribution in [0.5, 0.6) is 0 Å². The second-order valence-electron chi connectivity index (χ2n) is 38.9. The quantitative estimate of drug-likeness (QED) is 0.0656.